The van der Waals surface area contributed by atoms with Gasteiger partial charge in [0, 0.05) is 35.7 Å². The van der Waals surface area contributed by atoms with Gasteiger partial charge in [0.1, 0.15) is 11.5 Å². The highest BCUT2D eigenvalue weighted by Gasteiger charge is 2.33. The molecule has 1 aliphatic rings. The van der Waals surface area contributed by atoms with Crippen LogP contribution in [0.2, 0.25) is 0 Å². The summed E-state index contributed by atoms with van der Waals surface area (Å²) < 4.78 is 23.3. The fourth-order valence-corrected chi connectivity index (χ4v) is 4.85. The number of nitrogens with zero attached hydrogens (tertiary/aromatic N) is 1. The largest absolute Gasteiger partial charge is 0.496 e. The summed E-state index contributed by atoms with van der Waals surface area (Å²) in [6.45, 7) is 4.75. The third kappa shape index (κ3) is 7.88. The van der Waals surface area contributed by atoms with Crippen LogP contribution in [0.3, 0.4) is 0 Å². The van der Waals surface area contributed by atoms with E-state index < -0.39 is 6.09 Å². The number of piperidine rings is 1. The number of carboxylic acid groups (broad SMARTS) is 1. The summed E-state index contributed by atoms with van der Waals surface area (Å²) in [6, 6.07) is 21.7. The Labute approximate surface area is 230 Å². The van der Waals surface area contributed by atoms with Gasteiger partial charge in [0.2, 0.25) is 0 Å². The van der Waals surface area contributed by atoms with Crippen LogP contribution < -0.4 is 15.2 Å². The van der Waals surface area contributed by atoms with E-state index in [9.17, 15) is 9.90 Å². The van der Waals surface area contributed by atoms with Crippen molar-refractivity contribution in [3.63, 3.8) is 0 Å². The minimum Gasteiger partial charge on any atom is -0.496 e. The number of hydrogen-bond donors (Lipinski definition) is 2. The molecule has 0 aromatic heterocycles. The number of likely N-dealkylation sites (tertiary alicyclic amines) is 1. The normalized spacial score (nSPS) is 17.1. The number of hydrogen-bond acceptors (Lipinski definition) is 6. The zero-order valence-electron chi connectivity index (χ0n) is 22.7. The number of carbonyl (C=O) groups is 1. The summed E-state index contributed by atoms with van der Waals surface area (Å²) in [6.07, 6.45) is 0.252. The van der Waals surface area contributed by atoms with Gasteiger partial charge in [-0.25, -0.2) is 4.79 Å². The summed E-state index contributed by atoms with van der Waals surface area (Å²) in [4.78, 5) is 13.1. The first kappa shape index (κ1) is 28.3. The van der Waals surface area contributed by atoms with Crippen LogP contribution >= 0.6 is 0 Å². The Morgan fingerprint density at radius 1 is 1.03 bits per heavy atom. The lowest BCUT2D eigenvalue weighted by atomic mass is 9.87. The number of ether oxygens (including phenoxy) is 4. The molecule has 1 heterocycles. The van der Waals surface area contributed by atoms with Crippen LogP contribution in [-0.2, 0) is 22.7 Å². The smallest absolute Gasteiger partial charge is 0.407 e. The fraction of sp³-hybridized carbons (Fsp3) is 0.387. The number of nitrogen functional groups attached to an aromatic ring is 1. The quantitative estimate of drug-likeness (QED) is 0.229. The Morgan fingerprint density at radius 2 is 1.82 bits per heavy atom. The van der Waals surface area contributed by atoms with Crippen molar-refractivity contribution >= 4 is 11.8 Å². The fourth-order valence-electron chi connectivity index (χ4n) is 4.85. The van der Waals surface area contributed by atoms with E-state index in [1.165, 1.54) is 4.90 Å². The zero-order valence-corrected chi connectivity index (χ0v) is 22.7. The maximum Gasteiger partial charge on any atom is 0.407 e. The molecule has 3 aromatic rings. The maximum absolute atomic E-state index is 11.6. The molecule has 0 spiro atoms. The van der Waals surface area contributed by atoms with E-state index in [-0.39, 0.29) is 12.0 Å². The minimum atomic E-state index is -0.924. The second kappa shape index (κ2) is 13.9. The van der Waals surface area contributed by atoms with E-state index in [0.717, 1.165) is 40.2 Å². The van der Waals surface area contributed by atoms with Gasteiger partial charge in [-0.2, -0.15) is 0 Å². The van der Waals surface area contributed by atoms with Gasteiger partial charge in [-0.1, -0.05) is 42.5 Å². The van der Waals surface area contributed by atoms with Crippen LogP contribution in [0.4, 0.5) is 10.5 Å². The molecule has 0 saturated carbocycles. The molecule has 0 aliphatic carbocycles. The number of amides is 1. The molecule has 1 saturated heterocycles. The van der Waals surface area contributed by atoms with Crippen molar-refractivity contribution in [2.75, 3.05) is 39.1 Å². The van der Waals surface area contributed by atoms with E-state index in [1.807, 2.05) is 73.7 Å². The van der Waals surface area contributed by atoms with E-state index in [1.54, 1.807) is 7.11 Å². The third-order valence-corrected chi connectivity index (χ3v) is 7.04. The van der Waals surface area contributed by atoms with Gasteiger partial charge in [0.15, 0.2) is 0 Å². The first-order valence-corrected chi connectivity index (χ1v) is 13.3. The van der Waals surface area contributed by atoms with E-state index in [4.69, 9.17) is 24.7 Å². The molecule has 4 rings (SSSR count). The van der Waals surface area contributed by atoms with E-state index in [0.29, 0.717) is 51.6 Å². The van der Waals surface area contributed by atoms with Crippen LogP contribution in [0, 0.1) is 6.92 Å². The van der Waals surface area contributed by atoms with Gasteiger partial charge >= 0.3 is 6.09 Å². The first-order chi connectivity index (χ1) is 18.9. The Hall–Kier alpha value is -3.75. The lowest BCUT2D eigenvalue weighted by Gasteiger charge is -2.37. The Kier molecular flexibility index (Phi) is 10.1. The maximum atomic E-state index is 11.6. The number of para-hydroxylation sites is 1. The number of anilines is 1. The first-order valence-electron chi connectivity index (χ1n) is 13.3. The monoisotopic (exact) mass is 534 g/mol. The molecule has 0 radical (unpaired) electrons. The summed E-state index contributed by atoms with van der Waals surface area (Å²) in [5, 5.41) is 9.55. The van der Waals surface area contributed by atoms with Crippen LogP contribution in [0.5, 0.6) is 11.5 Å². The van der Waals surface area contributed by atoms with Crippen molar-refractivity contribution in [3.8, 4) is 11.5 Å². The lowest BCUT2D eigenvalue weighted by Crippen LogP contribution is -2.46. The highest BCUT2D eigenvalue weighted by atomic mass is 16.5. The van der Waals surface area contributed by atoms with Crippen LogP contribution in [0.25, 0.3) is 0 Å². The highest BCUT2D eigenvalue weighted by molar-refractivity contribution is 5.65. The van der Waals surface area contributed by atoms with Crippen LogP contribution in [0.1, 0.15) is 41.0 Å². The van der Waals surface area contributed by atoms with Gasteiger partial charge < -0.3 is 34.7 Å². The zero-order chi connectivity index (χ0) is 27.6. The van der Waals surface area contributed by atoms with Gasteiger partial charge in [-0.15, -0.1) is 0 Å². The molecular formula is C31H38N2O6. The van der Waals surface area contributed by atoms with Crippen molar-refractivity contribution in [1.82, 2.24) is 4.90 Å². The molecule has 8 heteroatoms. The van der Waals surface area contributed by atoms with Crippen molar-refractivity contribution in [2.24, 2.45) is 0 Å². The topological polar surface area (TPSA) is 103 Å². The predicted molar refractivity (Wildman–Crippen MR) is 150 cm³/mol. The number of aryl methyl sites for hydroxylation is 1. The molecule has 2 atom stereocenters. The molecule has 1 fully saturated rings. The Bertz CT molecular complexity index is 1220. The Morgan fingerprint density at radius 3 is 2.56 bits per heavy atom. The second-order valence-electron chi connectivity index (χ2n) is 9.81. The van der Waals surface area contributed by atoms with E-state index in [2.05, 4.69) is 0 Å². The summed E-state index contributed by atoms with van der Waals surface area (Å²) in [7, 11) is 1.66. The van der Waals surface area contributed by atoms with Gasteiger partial charge in [0.05, 0.1) is 46.2 Å². The molecule has 2 unspecified atom stereocenters. The SMILES string of the molecule is COc1ccccc1COCCCOc1ccc(C2CCN(C(=O)O)CC2OCc2ccc(C)cc2N)cc1. The Balaban J connectivity index is 1.28. The van der Waals surface area contributed by atoms with Gasteiger partial charge in [0.25, 0.3) is 0 Å². The average molecular weight is 535 g/mol. The second-order valence-corrected chi connectivity index (χ2v) is 9.81. The number of methoxy groups -OCH3 is 1. The van der Waals surface area contributed by atoms with Crippen LogP contribution in [0.15, 0.2) is 66.7 Å². The van der Waals surface area contributed by atoms with Crippen LogP contribution in [-0.4, -0.2) is 55.6 Å². The molecular weight excluding hydrogens is 496 g/mol. The lowest BCUT2D eigenvalue weighted by molar-refractivity contribution is -0.0197. The molecule has 39 heavy (non-hydrogen) atoms. The standard InChI is InChI=1S/C31H38N2O6/c1-22-8-9-24(28(32)18-22)21-39-30-19-33(31(34)35)15-14-27(30)23-10-12-26(13-11-23)38-17-5-16-37-20-25-6-3-4-7-29(25)36-2/h3-4,6-13,18,27,30H,5,14-17,19-21,32H2,1-2H3,(H,34,35). The summed E-state index contributed by atoms with van der Waals surface area (Å²) in [5.74, 6) is 1.69. The molecule has 208 valence electrons. The van der Waals surface area contributed by atoms with Gasteiger partial charge in [-0.05, 0) is 48.7 Å². The van der Waals surface area contributed by atoms with Crippen molar-refractivity contribution < 1.29 is 28.8 Å². The predicted octanol–water partition coefficient (Wildman–Crippen LogP) is 5.62. The van der Waals surface area contributed by atoms with E-state index >= 15 is 0 Å². The highest BCUT2D eigenvalue weighted by Crippen LogP contribution is 2.32. The van der Waals surface area contributed by atoms with Crippen molar-refractivity contribution in [1.29, 1.82) is 0 Å². The number of benzene rings is 3. The van der Waals surface area contributed by atoms with Crippen molar-refractivity contribution in [2.45, 2.75) is 45.0 Å². The minimum absolute atomic E-state index is 0.0738. The molecule has 1 aliphatic heterocycles. The number of rotatable bonds is 12. The molecule has 1 amide bonds. The average Bonchev–Trinajstić information content (AvgIpc) is 2.95. The summed E-state index contributed by atoms with van der Waals surface area (Å²) in [5.41, 5.74) is 11.0. The molecule has 8 nitrogen and oxygen atoms in total. The summed E-state index contributed by atoms with van der Waals surface area (Å²) >= 11 is 0. The molecule has 3 N–H and O–H groups in total. The molecule has 0 bridgehead atoms. The molecule has 3 aromatic carbocycles. The number of nitrogens with two attached hydrogens (primary N) is 1. The van der Waals surface area contributed by atoms with Gasteiger partial charge in [-0.3, -0.25) is 0 Å². The van der Waals surface area contributed by atoms with Crippen molar-refractivity contribution in [3.05, 3.63) is 89.0 Å². The third-order valence-electron chi connectivity index (χ3n) is 7.04.